The molecule has 0 unspecified atom stereocenters. The van der Waals surface area contributed by atoms with E-state index in [4.69, 9.17) is 4.42 Å². The van der Waals surface area contributed by atoms with Crippen LogP contribution in [0.15, 0.2) is 65.3 Å². The molecular weight excluding hydrogens is 364 g/mol. The van der Waals surface area contributed by atoms with E-state index in [1.807, 2.05) is 48.7 Å². The fraction of sp³-hybridized carbons (Fsp3) is 0.261. The second-order valence-corrected chi connectivity index (χ2v) is 7.57. The molecule has 146 valence electrons. The quantitative estimate of drug-likeness (QED) is 0.517. The summed E-state index contributed by atoms with van der Waals surface area (Å²) in [7, 11) is 0. The van der Waals surface area contributed by atoms with E-state index in [0.29, 0.717) is 5.69 Å². The number of para-hydroxylation sites is 1. The molecule has 4 heterocycles. The number of pyridine rings is 1. The summed E-state index contributed by atoms with van der Waals surface area (Å²) in [4.78, 5) is 19.4. The molecule has 5 rings (SSSR count). The number of hydrogen-bond donors (Lipinski definition) is 1. The molecule has 1 aliphatic rings. The van der Waals surface area contributed by atoms with Crippen molar-refractivity contribution in [2.75, 3.05) is 13.1 Å². The lowest BCUT2D eigenvalue weighted by Crippen LogP contribution is -2.38. The maximum Gasteiger partial charge on any atom is 0.185 e. The average Bonchev–Trinajstić information content (AvgIpc) is 3.40. The number of benzene rings is 1. The molecule has 0 spiro atoms. The highest BCUT2D eigenvalue weighted by atomic mass is 16.3. The number of rotatable bonds is 5. The number of likely N-dealkylation sites (tertiary alicyclic amines) is 1. The van der Waals surface area contributed by atoms with Crippen molar-refractivity contribution in [3.05, 3.63) is 72.2 Å². The van der Waals surface area contributed by atoms with Crippen molar-refractivity contribution in [1.82, 2.24) is 20.1 Å². The van der Waals surface area contributed by atoms with Crippen LogP contribution in [0.2, 0.25) is 0 Å². The third-order valence-electron chi connectivity index (χ3n) is 5.58. The lowest BCUT2D eigenvalue weighted by Gasteiger charge is -2.31. The van der Waals surface area contributed by atoms with Crippen LogP contribution >= 0.6 is 0 Å². The standard InChI is InChI=1S/C23H22N4O2/c28-23(19-8-3-4-10-24-19)17-7-5-11-27(14-17)15-18-13-25-26-22(18)21-12-16-6-1-2-9-20(16)29-21/h1-4,6,8-10,12-13,17H,5,7,11,14-15H2,(H,25,26)/t17-/m0/s1. The fourth-order valence-corrected chi connectivity index (χ4v) is 4.12. The smallest absolute Gasteiger partial charge is 0.185 e. The maximum absolute atomic E-state index is 12.8. The van der Waals surface area contributed by atoms with Crippen molar-refractivity contribution in [3.63, 3.8) is 0 Å². The molecule has 1 aliphatic heterocycles. The molecule has 6 nitrogen and oxygen atoms in total. The van der Waals surface area contributed by atoms with Gasteiger partial charge in [0.1, 0.15) is 17.0 Å². The number of piperidine rings is 1. The largest absolute Gasteiger partial charge is 0.454 e. The first-order valence-electron chi connectivity index (χ1n) is 9.97. The van der Waals surface area contributed by atoms with Crippen molar-refractivity contribution in [2.45, 2.75) is 19.4 Å². The number of Topliss-reactive ketones (excluding diaryl/α,β-unsaturated/α-hetero) is 1. The maximum atomic E-state index is 12.8. The highest BCUT2D eigenvalue weighted by Crippen LogP contribution is 2.30. The van der Waals surface area contributed by atoms with Crippen LogP contribution in [0.25, 0.3) is 22.4 Å². The topological polar surface area (TPSA) is 75.0 Å². The highest BCUT2D eigenvalue weighted by molar-refractivity contribution is 5.96. The Hall–Kier alpha value is -3.25. The van der Waals surface area contributed by atoms with Gasteiger partial charge >= 0.3 is 0 Å². The Morgan fingerprint density at radius 3 is 2.97 bits per heavy atom. The van der Waals surface area contributed by atoms with Crippen molar-refractivity contribution >= 4 is 16.8 Å². The van der Waals surface area contributed by atoms with Crippen molar-refractivity contribution in [1.29, 1.82) is 0 Å². The van der Waals surface area contributed by atoms with Crippen molar-refractivity contribution in [2.24, 2.45) is 5.92 Å². The summed E-state index contributed by atoms with van der Waals surface area (Å²) in [6, 6.07) is 15.5. The Labute approximate surface area is 168 Å². The number of carbonyl (C=O) groups is 1. The summed E-state index contributed by atoms with van der Waals surface area (Å²) >= 11 is 0. The zero-order valence-electron chi connectivity index (χ0n) is 16.0. The summed E-state index contributed by atoms with van der Waals surface area (Å²) < 4.78 is 6.01. The molecule has 1 saturated heterocycles. The van der Waals surface area contributed by atoms with Gasteiger partial charge in [0.2, 0.25) is 0 Å². The zero-order chi connectivity index (χ0) is 19.6. The molecule has 0 bridgehead atoms. The fourth-order valence-electron chi connectivity index (χ4n) is 4.12. The number of nitrogens with zero attached hydrogens (tertiary/aromatic N) is 3. The van der Waals surface area contributed by atoms with E-state index in [1.165, 1.54) is 0 Å². The van der Waals surface area contributed by atoms with Gasteiger partial charge in [0.05, 0.1) is 6.20 Å². The second kappa shape index (κ2) is 7.64. The zero-order valence-corrected chi connectivity index (χ0v) is 16.0. The first-order valence-corrected chi connectivity index (χ1v) is 9.97. The molecule has 3 aromatic heterocycles. The van der Waals surface area contributed by atoms with Crippen LogP contribution < -0.4 is 0 Å². The molecular formula is C23H22N4O2. The average molecular weight is 386 g/mol. The van der Waals surface area contributed by atoms with E-state index in [9.17, 15) is 4.79 Å². The van der Waals surface area contributed by atoms with Gasteiger partial charge in [-0.25, -0.2) is 0 Å². The van der Waals surface area contributed by atoms with E-state index < -0.39 is 0 Å². The van der Waals surface area contributed by atoms with Gasteiger partial charge in [-0.3, -0.25) is 19.8 Å². The monoisotopic (exact) mass is 386 g/mol. The van der Waals surface area contributed by atoms with Crippen LogP contribution in [0.1, 0.15) is 28.9 Å². The van der Waals surface area contributed by atoms with Gasteiger partial charge in [-0.1, -0.05) is 24.3 Å². The van der Waals surface area contributed by atoms with Crippen LogP contribution in [0.4, 0.5) is 0 Å². The van der Waals surface area contributed by atoms with Gasteiger partial charge in [-0.05, 0) is 43.7 Å². The summed E-state index contributed by atoms with van der Waals surface area (Å²) in [6.07, 6.45) is 5.44. The number of aromatic amines is 1. The molecule has 1 N–H and O–H groups in total. The van der Waals surface area contributed by atoms with Crippen molar-refractivity contribution in [3.8, 4) is 11.5 Å². The predicted molar refractivity (Wildman–Crippen MR) is 110 cm³/mol. The van der Waals surface area contributed by atoms with Gasteiger partial charge < -0.3 is 4.42 Å². The van der Waals surface area contributed by atoms with Crippen LogP contribution in [-0.4, -0.2) is 39.0 Å². The Kier molecular flexibility index (Phi) is 4.69. The summed E-state index contributed by atoms with van der Waals surface area (Å²) in [5.41, 5.74) is 3.40. The van der Waals surface area contributed by atoms with Gasteiger partial charge in [0.25, 0.3) is 0 Å². The van der Waals surface area contributed by atoms with Crippen LogP contribution in [0, 0.1) is 5.92 Å². The molecule has 1 atom stereocenters. The molecule has 1 fully saturated rings. The first-order chi connectivity index (χ1) is 14.3. The number of carbonyl (C=O) groups excluding carboxylic acids is 1. The predicted octanol–water partition coefficient (Wildman–Crippen LogP) is 4.31. The third-order valence-corrected chi connectivity index (χ3v) is 5.58. The molecule has 0 saturated carbocycles. The number of hydrogen-bond acceptors (Lipinski definition) is 5. The Bertz CT molecular complexity index is 1100. The number of furan rings is 1. The second-order valence-electron chi connectivity index (χ2n) is 7.57. The van der Waals surface area contributed by atoms with Gasteiger partial charge in [0, 0.05) is 36.2 Å². The van der Waals surface area contributed by atoms with E-state index >= 15 is 0 Å². The van der Waals surface area contributed by atoms with Crippen LogP contribution in [-0.2, 0) is 6.54 Å². The normalized spacial score (nSPS) is 17.6. The Morgan fingerprint density at radius 1 is 1.21 bits per heavy atom. The molecule has 1 aromatic carbocycles. The summed E-state index contributed by atoms with van der Waals surface area (Å²) in [6.45, 7) is 2.44. The van der Waals surface area contributed by atoms with E-state index in [-0.39, 0.29) is 11.7 Å². The van der Waals surface area contributed by atoms with E-state index in [1.54, 1.807) is 12.3 Å². The summed E-state index contributed by atoms with van der Waals surface area (Å²) in [5.74, 6) is 0.914. The van der Waals surface area contributed by atoms with E-state index in [0.717, 1.165) is 60.5 Å². The minimum atomic E-state index is -0.0137. The van der Waals surface area contributed by atoms with Crippen LogP contribution in [0.5, 0.6) is 0 Å². The summed E-state index contributed by atoms with van der Waals surface area (Å²) in [5, 5.41) is 8.40. The minimum absolute atomic E-state index is 0.0137. The first kappa shape index (κ1) is 17.8. The highest BCUT2D eigenvalue weighted by Gasteiger charge is 2.28. The Balaban J connectivity index is 1.33. The third kappa shape index (κ3) is 3.59. The SMILES string of the molecule is O=C(c1ccccn1)[C@H]1CCCN(Cc2cn[nH]c2-c2cc3ccccc3o2)C1. The number of nitrogens with one attached hydrogen (secondary N) is 1. The minimum Gasteiger partial charge on any atom is -0.454 e. The lowest BCUT2D eigenvalue weighted by molar-refractivity contribution is 0.0806. The van der Waals surface area contributed by atoms with Gasteiger partial charge in [0.15, 0.2) is 11.5 Å². The molecule has 6 heteroatoms. The van der Waals surface area contributed by atoms with E-state index in [2.05, 4.69) is 20.1 Å². The van der Waals surface area contributed by atoms with Gasteiger partial charge in [-0.2, -0.15) is 5.10 Å². The number of fused-ring (bicyclic) bond motifs is 1. The lowest BCUT2D eigenvalue weighted by atomic mass is 9.91. The van der Waals surface area contributed by atoms with Crippen molar-refractivity contribution < 1.29 is 9.21 Å². The number of aromatic nitrogens is 3. The molecule has 0 amide bonds. The van der Waals surface area contributed by atoms with Crippen LogP contribution in [0.3, 0.4) is 0 Å². The number of ketones is 1. The molecule has 29 heavy (non-hydrogen) atoms. The van der Waals surface area contributed by atoms with Gasteiger partial charge in [-0.15, -0.1) is 0 Å². The number of H-pyrrole nitrogens is 1. The Morgan fingerprint density at radius 2 is 2.10 bits per heavy atom. The molecule has 4 aromatic rings. The molecule has 0 aliphatic carbocycles. The molecule has 0 radical (unpaired) electrons.